The van der Waals surface area contributed by atoms with E-state index < -0.39 is 0 Å². The lowest BCUT2D eigenvalue weighted by Crippen LogP contribution is -2.74. The van der Waals surface area contributed by atoms with Crippen LogP contribution in [0.1, 0.15) is 143 Å². The van der Waals surface area contributed by atoms with E-state index in [4.69, 9.17) is 4.74 Å². The van der Waals surface area contributed by atoms with Gasteiger partial charge in [0, 0.05) is 48.1 Å². The second-order valence-electron chi connectivity index (χ2n) is 18.8. The predicted molar refractivity (Wildman–Crippen MR) is 192 cm³/mol. The van der Waals surface area contributed by atoms with Crippen molar-refractivity contribution in [2.45, 2.75) is 154 Å². The van der Waals surface area contributed by atoms with Gasteiger partial charge in [0.05, 0.1) is 5.54 Å². The highest BCUT2D eigenvalue weighted by Gasteiger charge is 2.89. The van der Waals surface area contributed by atoms with Crippen molar-refractivity contribution in [3.05, 3.63) is 47.1 Å². The lowest BCUT2D eigenvalue weighted by atomic mass is 9.31. The van der Waals surface area contributed by atoms with Crippen LogP contribution in [-0.4, -0.2) is 47.4 Å². The smallest absolute Gasteiger partial charge is 0.0719 e. The summed E-state index contributed by atoms with van der Waals surface area (Å²) in [6.45, 7) is 13.9. The second-order valence-corrected chi connectivity index (χ2v) is 18.8. The minimum Gasteiger partial charge on any atom is -0.396 e. The molecular weight excluding hydrogens is 574 g/mol. The Morgan fingerprint density at radius 3 is 2.68 bits per heavy atom. The van der Waals surface area contributed by atoms with Gasteiger partial charge in [0.2, 0.25) is 0 Å². The van der Waals surface area contributed by atoms with E-state index in [9.17, 15) is 5.11 Å². The van der Waals surface area contributed by atoms with Crippen LogP contribution in [0.25, 0.3) is 0 Å². The molecule has 5 spiro atoms. The van der Waals surface area contributed by atoms with Crippen LogP contribution in [0.5, 0.6) is 0 Å². The molecule has 0 aromatic heterocycles. The van der Waals surface area contributed by atoms with E-state index in [0.29, 0.717) is 23.4 Å². The van der Waals surface area contributed by atoms with E-state index in [0.717, 1.165) is 37.9 Å². The van der Waals surface area contributed by atoms with E-state index in [1.807, 2.05) is 5.57 Å². The molecule has 0 amide bonds. The van der Waals surface area contributed by atoms with Crippen LogP contribution in [0.3, 0.4) is 0 Å². The first kappa shape index (κ1) is 31.8. The molecule has 3 heterocycles. The highest BCUT2D eigenvalue weighted by molar-refractivity contribution is 5.63. The minimum absolute atomic E-state index is 0.00978. The number of nitrogens with zero attached hydrogens (tertiary/aromatic N) is 1. The molecule has 0 aromatic rings. The number of aliphatic hydroxyl groups excluding tert-OH is 1. The maximum Gasteiger partial charge on any atom is 0.0719 e. The molecule has 5 fully saturated rings. The van der Waals surface area contributed by atoms with Gasteiger partial charge >= 0.3 is 0 Å². The molecule has 258 valence electrons. The molecule has 0 aromatic carbocycles. The summed E-state index contributed by atoms with van der Waals surface area (Å²) in [5.74, 6) is 2.18. The molecule has 4 saturated carbocycles. The number of aliphatic hydroxyl groups is 1. The van der Waals surface area contributed by atoms with Crippen molar-refractivity contribution in [3.8, 4) is 0 Å². The summed E-state index contributed by atoms with van der Waals surface area (Å²) in [6.07, 6.45) is 37.6. The Kier molecular flexibility index (Phi) is 7.22. The summed E-state index contributed by atoms with van der Waals surface area (Å²) in [5.41, 5.74) is 7.04. The Morgan fingerprint density at radius 1 is 0.957 bits per heavy atom. The molecule has 7 aliphatic carbocycles. The van der Waals surface area contributed by atoms with Crippen molar-refractivity contribution in [3.63, 3.8) is 0 Å². The van der Waals surface area contributed by atoms with Crippen molar-refractivity contribution in [2.75, 3.05) is 26.4 Å². The minimum atomic E-state index is 0.00978. The fourth-order valence-corrected chi connectivity index (χ4v) is 16.3. The summed E-state index contributed by atoms with van der Waals surface area (Å²) in [5, 5.41) is 9.84. The lowest BCUT2D eigenvalue weighted by Gasteiger charge is -2.74. The number of unbranched alkanes of at least 4 members (excludes halogenated alkanes) is 4. The fourth-order valence-electron chi connectivity index (χ4n) is 16.3. The van der Waals surface area contributed by atoms with Gasteiger partial charge in [-0.1, -0.05) is 94.4 Å². The van der Waals surface area contributed by atoms with Crippen LogP contribution < -0.4 is 0 Å². The van der Waals surface area contributed by atoms with Gasteiger partial charge in [0.15, 0.2) is 0 Å². The van der Waals surface area contributed by atoms with Gasteiger partial charge < -0.3 is 9.84 Å². The third kappa shape index (κ3) is 3.43. The largest absolute Gasteiger partial charge is 0.396 e. The van der Waals surface area contributed by atoms with E-state index in [-0.39, 0.29) is 27.3 Å². The SMILES string of the molecule is CCCCCCCOCCC1CCCC12CC(C)C13CCC(C)=C1CC21C24C=CC5(C=CC2=CCC31C)C(CCCO)CCC51CN14. The van der Waals surface area contributed by atoms with Crippen molar-refractivity contribution in [1.29, 1.82) is 0 Å². The van der Waals surface area contributed by atoms with Crippen molar-refractivity contribution in [2.24, 2.45) is 44.8 Å². The van der Waals surface area contributed by atoms with Gasteiger partial charge in [-0.3, -0.25) is 4.90 Å². The van der Waals surface area contributed by atoms with Gasteiger partial charge in [-0.25, -0.2) is 0 Å². The van der Waals surface area contributed by atoms with Crippen LogP contribution in [0.15, 0.2) is 47.1 Å². The normalized spacial score (nSPS) is 50.8. The molecule has 3 aliphatic heterocycles. The maximum absolute atomic E-state index is 9.84. The molecule has 1 saturated heterocycles. The third-order valence-electron chi connectivity index (χ3n) is 18.0. The highest BCUT2D eigenvalue weighted by Crippen LogP contribution is 2.91. The van der Waals surface area contributed by atoms with Gasteiger partial charge in [-0.15, -0.1) is 0 Å². The number of ether oxygens (including phenoxy) is 1. The molecule has 47 heavy (non-hydrogen) atoms. The lowest BCUT2D eigenvalue weighted by molar-refractivity contribution is -0.233. The summed E-state index contributed by atoms with van der Waals surface area (Å²) in [4.78, 5) is 3.17. The Hall–Kier alpha value is -1.16. The first-order valence-corrected chi connectivity index (χ1v) is 20.5. The monoisotopic (exact) mass is 640 g/mol. The maximum atomic E-state index is 9.84. The first-order valence-electron chi connectivity index (χ1n) is 20.5. The van der Waals surface area contributed by atoms with Crippen LogP contribution in [0.2, 0.25) is 0 Å². The highest BCUT2D eigenvalue weighted by atomic mass is 16.5. The Morgan fingerprint density at radius 2 is 1.83 bits per heavy atom. The molecule has 11 unspecified atom stereocenters. The van der Waals surface area contributed by atoms with E-state index in [1.165, 1.54) is 109 Å². The average molecular weight is 640 g/mol. The third-order valence-corrected chi connectivity index (χ3v) is 18.0. The number of hydrogen-bond donors (Lipinski definition) is 1. The van der Waals surface area contributed by atoms with Crippen LogP contribution >= 0.6 is 0 Å². The molecular formula is C44H65NO2. The molecule has 11 atom stereocenters. The van der Waals surface area contributed by atoms with Crippen LogP contribution in [0, 0.1) is 44.8 Å². The predicted octanol–water partition coefficient (Wildman–Crippen LogP) is 10.1. The summed E-state index contributed by atoms with van der Waals surface area (Å²) < 4.78 is 6.51. The van der Waals surface area contributed by atoms with Gasteiger partial charge in [-0.05, 0) is 125 Å². The average Bonchev–Trinajstić information content (AvgIpc) is 3.43. The quantitative estimate of drug-likeness (QED) is 0.131. The molecule has 10 aliphatic rings. The van der Waals surface area contributed by atoms with E-state index >= 15 is 0 Å². The standard InChI is InChI=1S/C44H65NO2/c1-5-6-7-8-9-27-47-28-18-35-12-10-19-40(35)29-33(3)42-23-14-32(2)37(42)30-44(40)38(42,4)20-15-36-16-21-39-24-25-43(36,44)45-31-41(39,45)22-17-34(39)13-11-26-46/h15-16,21,24-25,33-35,46H,5-14,17-20,22-23,26-31H2,1-4H3. The van der Waals surface area contributed by atoms with E-state index in [1.54, 1.807) is 11.1 Å². The first-order chi connectivity index (χ1) is 22.8. The van der Waals surface area contributed by atoms with Crippen LogP contribution in [0.4, 0.5) is 0 Å². The zero-order valence-electron chi connectivity index (χ0n) is 30.5. The van der Waals surface area contributed by atoms with Gasteiger partial charge in [-0.2, -0.15) is 0 Å². The molecule has 1 N–H and O–H groups in total. The topological polar surface area (TPSA) is 32.5 Å². The summed E-state index contributed by atoms with van der Waals surface area (Å²) >= 11 is 0. The fraction of sp³-hybridized carbons (Fsp3) is 0.818. The van der Waals surface area contributed by atoms with Gasteiger partial charge in [0.1, 0.15) is 0 Å². The second kappa shape index (κ2) is 10.7. The molecule has 0 radical (unpaired) electrons. The number of hydrogen-bond acceptors (Lipinski definition) is 3. The molecule has 3 heteroatoms. The zero-order chi connectivity index (χ0) is 32.3. The molecule has 4 bridgehead atoms. The molecule has 3 nitrogen and oxygen atoms in total. The molecule has 10 rings (SSSR count). The van der Waals surface area contributed by atoms with Gasteiger partial charge in [0.25, 0.3) is 0 Å². The number of rotatable bonds is 12. The van der Waals surface area contributed by atoms with Crippen molar-refractivity contribution >= 4 is 0 Å². The van der Waals surface area contributed by atoms with Crippen LogP contribution in [-0.2, 0) is 4.74 Å². The Bertz CT molecular complexity index is 1420. The summed E-state index contributed by atoms with van der Waals surface area (Å²) in [6, 6.07) is 0. The zero-order valence-corrected chi connectivity index (χ0v) is 30.5. The van der Waals surface area contributed by atoms with Crippen molar-refractivity contribution < 1.29 is 9.84 Å². The van der Waals surface area contributed by atoms with E-state index in [2.05, 4.69) is 63.0 Å². The Balaban J connectivity index is 1.16. The van der Waals surface area contributed by atoms with Crippen molar-refractivity contribution in [1.82, 2.24) is 4.90 Å². The summed E-state index contributed by atoms with van der Waals surface area (Å²) in [7, 11) is 0. The Labute approximate surface area is 286 Å². The number of allylic oxidation sites excluding steroid dienone is 3.